The van der Waals surface area contributed by atoms with Crippen LogP contribution in [0.2, 0.25) is 0 Å². The number of aryl methyl sites for hydroxylation is 1. The molecule has 0 aliphatic heterocycles. The molecule has 0 radical (unpaired) electrons. The van der Waals surface area contributed by atoms with Crippen molar-refractivity contribution in [1.82, 2.24) is 14.8 Å². The van der Waals surface area contributed by atoms with E-state index in [1.165, 1.54) is 18.5 Å². The van der Waals surface area contributed by atoms with Crippen LogP contribution < -0.4 is 4.74 Å². The fourth-order valence-corrected chi connectivity index (χ4v) is 1.27. The maximum Gasteiger partial charge on any atom is 0.170 e. The Morgan fingerprint density at radius 1 is 1.53 bits per heavy atom. The van der Waals surface area contributed by atoms with E-state index >= 15 is 0 Å². The van der Waals surface area contributed by atoms with E-state index < -0.39 is 5.82 Å². The Hall–Kier alpha value is -2.42. The summed E-state index contributed by atoms with van der Waals surface area (Å²) < 4.78 is 20.4. The minimum absolute atomic E-state index is 0.0898. The largest absolute Gasteiger partial charge is 0.483 e. The summed E-state index contributed by atoms with van der Waals surface area (Å²) in [6.07, 6.45) is 1.54. The van der Waals surface area contributed by atoms with E-state index in [2.05, 4.69) is 10.2 Å². The molecule has 5 nitrogen and oxygen atoms in total. The van der Waals surface area contributed by atoms with Gasteiger partial charge in [-0.2, -0.15) is 5.26 Å². The molecule has 1 aromatic carbocycles. The Morgan fingerprint density at radius 3 is 2.94 bits per heavy atom. The van der Waals surface area contributed by atoms with Gasteiger partial charge >= 0.3 is 0 Å². The van der Waals surface area contributed by atoms with Gasteiger partial charge < -0.3 is 9.30 Å². The zero-order valence-corrected chi connectivity index (χ0v) is 9.09. The van der Waals surface area contributed by atoms with E-state index in [9.17, 15) is 4.39 Å². The third kappa shape index (κ3) is 2.39. The Labute approximate surface area is 97.1 Å². The lowest BCUT2D eigenvalue weighted by Gasteiger charge is -2.06. The van der Waals surface area contributed by atoms with Crippen molar-refractivity contribution in [1.29, 1.82) is 5.26 Å². The quantitative estimate of drug-likeness (QED) is 0.802. The van der Waals surface area contributed by atoms with Gasteiger partial charge in [-0.1, -0.05) is 0 Å². The van der Waals surface area contributed by atoms with Gasteiger partial charge in [0.05, 0.1) is 11.6 Å². The normalized spacial score (nSPS) is 9.94. The molecule has 2 aromatic rings. The maximum atomic E-state index is 13.4. The zero-order chi connectivity index (χ0) is 12.3. The summed E-state index contributed by atoms with van der Waals surface area (Å²) in [5.41, 5.74) is 0.258. The van der Waals surface area contributed by atoms with Crippen molar-refractivity contribution in [3.05, 3.63) is 41.7 Å². The summed E-state index contributed by atoms with van der Waals surface area (Å²) in [5, 5.41) is 16.1. The molecule has 0 spiro atoms. The summed E-state index contributed by atoms with van der Waals surface area (Å²) in [5.74, 6) is 0.118. The number of aromatic nitrogens is 3. The minimum Gasteiger partial charge on any atom is -0.483 e. The second-order valence-corrected chi connectivity index (χ2v) is 3.40. The molecule has 0 aliphatic carbocycles. The second kappa shape index (κ2) is 4.61. The Kier molecular flexibility index (Phi) is 3.01. The van der Waals surface area contributed by atoms with E-state index in [1.54, 1.807) is 11.6 Å². The number of hydrogen-bond donors (Lipinski definition) is 0. The molecule has 1 aromatic heterocycles. The minimum atomic E-state index is -0.564. The summed E-state index contributed by atoms with van der Waals surface area (Å²) in [4.78, 5) is 0. The van der Waals surface area contributed by atoms with Gasteiger partial charge in [-0.15, -0.1) is 10.2 Å². The lowest BCUT2D eigenvalue weighted by Crippen LogP contribution is -2.04. The third-order valence-corrected chi connectivity index (χ3v) is 2.22. The topological polar surface area (TPSA) is 63.7 Å². The van der Waals surface area contributed by atoms with Gasteiger partial charge in [-0.3, -0.25) is 0 Å². The smallest absolute Gasteiger partial charge is 0.170 e. The highest BCUT2D eigenvalue weighted by molar-refractivity contribution is 5.35. The number of ether oxygens (including phenoxy) is 1. The molecule has 6 heteroatoms. The summed E-state index contributed by atoms with van der Waals surface area (Å²) >= 11 is 0. The molecule has 0 fully saturated rings. The van der Waals surface area contributed by atoms with Gasteiger partial charge in [0, 0.05) is 7.05 Å². The van der Waals surface area contributed by atoms with Gasteiger partial charge in [0.15, 0.2) is 17.4 Å². The summed E-state index contributed by atoms with van der Waals surface area (Å²) in [6, 6.07) is 5.90. The van der Waals surface area contributed by atoms with Gasteiger partial charge in [-0.25, -0.2) is 4.39 Å². The predicted molar refractivity (Wildman–Crippen MR) is 56.5 cm³/mol. The van der Waals surface area contributed by atoms with Gasteiger partial charge in [0.25, 0.3) is 0 Å². The average molecular weight is 232 g/mol. The molecule has 0 atom stereocenters. The first-order chi connectivity index (χ1) is 8.20. The number of nitrogens with zero attached hydrogens (tertiary/aromatic N) is 4. The molecule has 2 rings (SSSR count). The fraction of sp³-hybridized carbons (Fsp3) is 0.182. The number of benzene rings is 1. The summed E-state index contributed by atoms with van der Waals surface area (Å²) in [6.45, 7) is 0.124. The van der Waals surface area contributed by atoms with Crippen LogP contribution in [0.1, 0.15) is 11.4 Å². The van der Waals surface area contributed by atoms with Crippen LogP contribution in [0.25, 0.3) is 0 Å². The Bertz CT molecular complexity index is 573. The van der Waals surface area contributed by atoms with Crippen molar-refractivity contribution in [2.75, 3.05) is 0 Å². The highest BCUT2D eigenvalue weighted by atomic mass is 19.1. The maximum absolute atomic E-state index is 13.4. The molecule has 0 N–H and O–H groups in total. The lowest BCUT2D eigenvalue weighted by molar-refractivity contribution is 0.277. The lowest BCUT2D eigenvalue weighted by atomic mass is 10.2. The first kappa shape index (κ1) is 11.1. The van der Waals surface area contributed by atoms with Crippen LogP contribution in [0, 0.1) is 17.1 Å². The van der Waals surface area contributed by atoms with Crippen molar-refractivity contribution in [3.63, 3.8) is 0 Å². The van der Waals surface area contributed by atoms with Crippen LogP contribution in [-0.4, -0.2) is 14.8 Å². The number of hydrogen-bond acceptors (Lipinski definition) is 4. The van der Waals surface area contributed by atoms with Crippen LogP contribution >= 0.6 is 0 Å². The highest BCUT2D eigenvalue weighted by Gasteiger charge is 2.07. The fourth-order valence-electron chi connectivity index (χ4n) is 1.27. The Balaban J connectivity index is 2.10. The monoisotopic (exact) mass is 232 g/mol. The molecule has 1 heterocycles. The van der Waals surface area contributed by atoms with E-state index in [0.29, 0.717) is 5.82 Å². The highest BCUT2D eigenvalue weighted by Crippen LogP contribution is 2.18. The van der Waals surface area contributed by atoms with E-state index in [1.807, 2.05) is 6.07 Å². The Morgan fingerprint density at radius 2 is 2.35 bits per heavy atom. The molecule has 17 heavy (non-hydrogen) atoms. The molecular formula is C11H9FN4O. The van der Waals surface area contributed by atoms with Crippen LogP contribution in [0.15, 0.2) is 24.5 Å². The summed E-state index contributed by atoms with van der Waals surface area (Å²) in [7, 11) is 1.77. The van der Waals surface area contributed by atoms with Crippen LogP contribution in [0.4, 0.5) is 4.39 Å². The molecule has 0 saturated carbocycles. The van der Waals surface area contributed by atoms with Crippen LogP contribution in [-0.2, 0) is 13.7 Å². The number of halogens is 1. The number of nitriles is 1. The first-order valence-corrected chi connectivity index (χ1v) is 4.86. The van der Waals surface area contributed by atoms with E-state index in [-0.39, 0.29) is 17.9 Å². The standard InChI is InChI=1S/C11H9FN4O/c1-16-7-14-15-11(16)6-17-10-3-2-8(5-13)4-9(10)12/h2-4,7H,6H2,1H3. The molecule has 0 unspecified atom stereocenters. The molecule has 0 saturated heterocycles. The number of rotatable bonds is 3. The van der Waals surface area contributed by atoms with Gasteiger partial charge in [0.1, 0.15) is 12.9 Å². The van der Waals surface area contributed by atoms with Crippen molar-refractivity contribution in [2.24, 2.45) is 7.05 Å². The van der Waals surface area contributed by atoms with Gasteiger partial charge in [-0.05, 0) is 18.2 Å². The van der Waals surface area contributed by atoms with Crippen molar-refractivity contribution in [2.45, 2.75) is 6.61 Å². The molecule has 86 valence electrons. The van der Waals surface area contributed by atoms with Crippen molar-refractivity contribution >= 4 is 0 Å². The SMILES string of the molecule is Cn1cnnc1COc1ccc(C#N)cc1F. The van der Waals surface area contributed by atoms with E-state index in [4.69, 9.17) is 10.00 Å². The third-order valence-electron chi connectivity index (χ3n) is 2.22. The average Bonchev–Trinajstić information content (AvgIpc) is 2.73. The molecule has 0 bridgehead atoms. The predicted octanol–water partition coefficient (Wildman–Crippen LogP) is 1.40. The molecule has 0 amide bonds. The van der Waals surface area contributed by atoms with Crippen LogP contribution in [0.3, 0.4) is 0 Å². The second-order valence-electron chi connectivity index (χ2n) is 3.40. The van der Waals surface area contributed by atoms with Crippen LogP contribution in [0.5, 0.6) is 5.75 Å². The van der Waals surface area contributed by atoms with Crippen molar-refractivity contribution < 1.29 is 9.13 Å². The first-order valence-electron chi connectivity index (χ1n) is 4.86. The molecule has 0 aliphatic rings. The molecular weight excluding hydrogens is 223 g/mol. The zero-order valence-electron chi connectivity index (χ0n) is 9.09. The van der Waals surface area contributed by atoms with E-state index in [0.717, 1.165) is 6.07 Å². The van der Waals surface area contributed by atoms with Gasteiger partial charge in [0.2, 0.25) is 0 Å². The van der Waals surface area contributed by atoms with Crippen molar-refractivity contribution in [3.8, 4) is 11.8 Å².